The Morgan fingerprint density at radius 2 is 1.88 bits per heavy atom. The van der Waals surface area contributed by atoms with E-state index in [2.05, 4.69) is 0 Å². The second-order valence-electron chi connectivity index (χ2n) is 3.23. The number of rotatable bonds is 4. The fourth-order valence-corrected chi connectivity index (χ4v) is 1.76. The van der Waals surface area contributed by atoms with E-state index in [1.807, 2.05) is 0 Å². The number of sulfonamides is 1. The summed E-state index contributed by atoms with van der Waals surface area (Å²) in [5, 5.41) is 0. The van der Waals surface area contributed by atoms with Gasteiger partial charge >= 0.3 is 0 Å². The second kappa shape index (κ2) is 4.92. The fourth-order valence-electron chi connectivity index (χ4n) is 1.11. The normalized spacial score (nSPS) is 11.6. The molecule has 0 spiro atoms. The first-order chi connectivity index (χ1) is 7.82. The average molecular weight is 268 g/mol. The van der Waals surface area contributed by atoms with Crippen molar-refractivity contribution in [3.8, 4) is 0 Å². The first-order valence-electron chi connectivity index (χ1n) is 4.69. The molecule has 96 valence electrons. The molecule has 0 fully saturated rings. The lowest BCUT2D eigenvalue weighted by atomic mass is 10.1. The van der Waals surface area contributed by atoms with Gasteiger partial charge in [0, 0.05) is 12.1 Å². The molecule has 1 aromatic rings. The zero-order valence-corrected chi connectivity index (χ0v) is 9.74. The molecule has 3 N–H and O–H groups in total. The third-order valence-electron chi connectivity index (χ3n) is 2.09. The van der Waals surface area contributed by atoms with Gasteiger partial charge in [-0.05, 0) is 13.0 Å². The molecule has 1 rings (SSSR count). The maximum Gasteiger partial charge on any atom is 0.232 e. The average Bonchev–Trinajstić information content (AvgIpc) is 2.29. The van der Waals surface area contributed by atoms with Gasteiger partial charge in [0.05, 0.1) is 5.75 Å². The molecule has 0 unspecified atom stereocenters. The molecule has 0 atom stereocenters. The number of anilines is 1. The highest BCUT2D eigenvalue weighted by atomic mass is 32.2. The summed E-state index contributed by atoms with van der Waals surface area (Å²) in [4.78, 5) is 0. The van der Waals surface area contributed by atoms with E-state index in [0.717, 1.165) is 0 Å². The van der Waals surface area contributed by atoms with Crippen molar-refractivity contribution in [3.63, 3.8) is 0 Å². The van der Waals surface area contributed by atoms with Crippen LogP contribution in [0.15, 0.2) is 6.07 Å². The van der Waals surface area contributed by atoms with Gasteiger partial charge in [0.2, 0.25) is 10.0 Å². The van der Waals surface area contributed by atoms with Crippen molar-refractivity contribution in [2.45, 2.75) is 13.5 Å². The van der Waals surface area contributed by atoms with Crippen LogP contribution >= 0.6 is 0 Å². The number of halogens is 3. The lowest BCUT2D eigenvalue weighted by Gasteiger charge is -2.10. The molecule has 0 aliphatic carbocycles. The molecule has 0 heterocycles. The molecule has 0 aromatic heterocycles. The number of nitrogens with two attached hydrogens (primary N) is 1. The van der Waals surface area contributed by atoms with Gasteiger partial charge in [0.25, 0.3) is 0 Å². The lowest BCUT2D eigenvalue weighted by Crippen LogP contribution is -2.18. The van der Waals surface area contributed by atoms with Crippen molar-refractivity contribution in [2.24, 2.45) is 5.73 Å². The minimum Gasteiger partial charge on any atom is -0.326 e. The molecule has 0 aliphatic heterocycles. The van der Waals surface area contributed by atoms with Crippen LogP contribution in [-0.2, 0) is 16.6 Å². The molecule has 0 saturated carbocycles. The van der Waals surface area contributed by atoms with Crippen LogP contribution in [-0.4, -0.2) is 14.2 Å². The molecule has 0 amide bonds. The molecule has 0 aliphatic rings. The summed E-state index contributed by atoms with van der Waals surface area (Å²) in [5.74, 6) is -4.54. The highest BCUT2D eigenvalue weighted by Crippen LogP contribution is 2.25. The van der Waals surface area contributed by atoms with Crippen LogP contribution in [0.5, 0.6) is 0 Å². The van der Waals surface area contributed by atoms with E-state index in [-0.39, 0.29) is 17.9 Å². The molecule has 17 heavy (non-hydrogen) atoms. The Hall–Kier alpha value is -1.28. The number of hydrogen-bond acceptors (Lipinski definition) is 3. The zero-order valence-electron chi connectivity index (χ0n) is 8.93. The number of benzene rings is 1. The minimum absolute atomic E-state index is 0.362. The second-order valence-corrected chi connectivity index (χ2v) is 5.24. The molecule has 8 heteroatoms. The Balaban J connectivity index is 3.32. The molecular weight excluding hydrogens is 257 g/mol. The Kier molecular flexibility index (Phi) is 3.99. The van der Waals surface area contributed by atoms with Crippen molar-refractivity contribution in [2.75, 3.05) is 10.5 Å². The summed E-state index contributed by atoms with van der Waals surface area (Å²) in [7, 11) is -3.88. The first-order valence-corrected chi connectivity index (χ1v) is 6.34. The molecule has 0 bridgehead atoms. The number of hydrogen-bond donors (Lipinski definition) is 2. The van der Waals surface area contributed by atoms with Gasteiger partial charge in [-0.15, -0.1) is 0 Å². The van der Waals surface area contributed by atoms with Gasteiger partial charge in [-0.3, -0.25) is 4.72 Å². The molecule has 0 radical (unpaired) electrons. The highest BCUT2D eigenvalue weighted by molar-refractivity contribution is 7.92. The van der Waals surface area contributed by atoms with Gasteiger partial charge in [0.15, 0.2) is 17.5 Å². The summed E-state index contributed by atoms with van der Waals surface area (Å²) in [6.45, 7) is 0.892. The van der Waals surface area contributed by atoms with Gasteiger partial charge in [-0.1, -0.05) is 0 Å². The minimum atomic E-state index is -3.88. The quantitative estimate of drug-likeness (QED) is 0.809. The lowest BCUT2D eigenvalue weighted by molar-refractivity contribution is 0.490. The topological polar surface area (TPSA) is 72.2 Å². The Morgan fingerprint density at radius 1 is 1.29 bits per heavy atom. The molecule has 4 nitrogen and oxygen atoms in total. The van der Waals surface area contributed by atoms with Crippen LogP contribution in [0.4, 0.5) is 18.9 Å². The van der Waals surface area contributed by atoms with Crippen LogP contribution in [0.1, 0.15) is 12.5 Å². The fraction of sp³-hybridized carbons (Fsp3) is 0.333. The van der Waals surface area contributed by atoms with Gasteiger partial charge < -0.3 is 5.73 Å². The predicted octanol–water partition coefficient (Wildman–Crippen LogP) is 1.32. The smallest absolute Gasteiger partial charge is 0.232 e. The maximum atomic E-state index is 13.4. The van der Waals surface area contributed by atoms with Crippen LogP contribution in [0, 0.1) is 17.5 Å². The van der Waals surface area contributed by atoms with Crippen molar-refractivity contribution < 1.29 is 21.6 Å². The highest BCUT2D eigenvalue weighted by Gasteiger charge is 2.21. The summed E-state index contributed by atoms with van der Waals surface area (Å²) < 4.78 is 63.9. The summed E-state index contributed by atoms with van der Waals surface area (Å²) >= 11 is 0. The molecular formula is C9H11F3N2O2S. The summed E-state index contributed by atoms with van der Waals surface area (Å²) in [6, 6.07) is 0.659. The van der Waals surface area contributed by atoms with Gasteiger partial charge in [0.1, 0.15) is 5.69 Å². The van der Waals surface area contributed by atoms with E-state index < -0.39 is 33.2 Å². The zero-order chi connectivity index (χ0) is 13.2. The Labute approximate surface area is 96.7 Å². The Morgan fingerprint density at radius 3 is 2.35 bits per heavy atom. The largest absolute Gasteiger partial charge is 0.326 e. The molecule has 1 aromatic carbocycles. The Bertz CT molecular complexity index is 532. The van der Waals surface area contributed by atoms with E-state index in [0.29, 0.717) is 6.07 Å². The van der Waals surface area contributed by atoms with Crippen molar-refractivity contribution >= 4 is 15.7 Å². The maximum absolute atomic E-state index is 13.4. The van der Waals surface area contributed by atoms with Crippen molar-refractivity contribution in [3.05, 3.63) is 29.1 Å². The van der Waals surface area contributed by atoms with Crippen LogP contribution < -0.4 is 10.5 Å². The van der Waals surface area contributed by atoms with Crippen LogP contribution in [0.3, 0.4) is 0 Å². The van der Waals surface area contributed by atoms with Crippen LogP contribution in [0.2, 0.25) is 0 Å². The van der Waals surface area contributed by atoms with E-state index in [1.165, 1.54) is 6.92 Å². The van der Waals surface area contributed by atoms with Crippen molar-refractivity contribution in [1.82, 2.24) is 0 Å². The van der Waals surface area contributed by atoms with Crippen LogP contribution in [0.25, 0.3) is 0 Å². The standard InChI is InChI=1S/C9H11F3N2O2S/c1-2-17(15,16)14-9-6(10)3-5(4-13)7(11)8(9)12/h3,14H,2,4,13H2,1H3. The van der Waals surface area contributed by atoms with E-state index in [9.17, 15) is 21.6 Å². The van der Waals surface area contributed by atoms with Gasteiger partial charge in [-0.25, -0.2) is 21.6 Å². The van der Waals surface area contributed by atoms with E-state index >= 15 is 0 Å². The molecule has 0 saturated heterocycles. The van der Waals surface area contributed by atoms with E-state index in [1.54, 1.807) is 4.72 Å². The monoisotopic (exact) mass is 268 g/mol. The summed E-state index contributed by atoms with van der Waals surface area (Å²) in [6.07, 6.45) is 0. The third kappa shape index (κ3) is 2.89. The van der Waals surface area contributed by atoms with Crippen molar-refractivity contribution in [1.29, 1.82) is 0 Å². The third-order valence-corrected chi connectivity index (χ3v) is 3.37. The van der Waals surface area contributed by atoms with Gasteiger partial charge in [-0.2, -0.15) is 0 Å². The summed E-state index contributed by atoms with van der Waals surface area (Å²) in [5.41, 5.74) is 3.69. The van der Waals surface area contributed by atoms with E-state index in [4.69, 9.17) is 5.73 Å². The number of nitrogens with one attached hydrogen (secondary N) is 1. The first kappa shape index (κ1) is 13.8. The predicted molar refractivity (Wildman–Crippen MR) is 57.3 cm³/mol. The SMILES string of the molecule is CCS(=O)(=O)Nc1c(F)cc(CN)c(F)c1F.